The van der Waals surface area contributed by atoms with Crippen molar-refractivity contribution in [2.75, 3.05) is 26.1 Å². The lowest BCUT2D eigenvalue weighted by molar-refractivity contribution is -0.138. The van der Waals surface area contributed by atoms with Gasteiger partial charge >= 0.3 is 0 Å². The highest BCUT2D eigenvalue weighted by atomic mass is 16.5. The van der Waals surface area contributed by atoms with E-state index >= 15 is 0 Å². The molecule has 1 atom stereocenters. The van der Waals surface area contributed by atoms with E-state index < -0.39 is 6.04 Å². The zero-order valence-corrected chi connectivity index (χ0v) is 11.8. The Morgan fingerprint density at radius 3 is 2.25 bits per heavy atom. The van der Waals surface area contributed by atoms with Crippen molar-refractivity contribution in [2.24, 2.45) is 0 Å². The van der Waals surface area contributed by atoms with Gasteiger partial charge in [0.25, 0.3) is 5.91 Å². The highest BCUT2D eigenvalue weighted by Gasteiger charge is 2.37. The Hall–Kier alpha value is -2.24. The summed E-state index contributed by atoms with van der Waals surface area (Å²) in [6.07, 6.45) is 0.173. The van der Waals surface area contributed by atoms with Crippen LogP contribution in [-0.2, 0) is 9.59 Å². The summed E-state index contributed by atoms with van der Waals surface area (Å²) in [7, 11) is 3.11. The highest BCUT2D eigenvalue weighted by Crippen LogP contribution is 2.27. The van der Waals surface area contributed by atoms with Gasteiger partial charge in [0.2, 0.25) is 5.91 Å². The highest BCUT2D eigenvalue weighted by molar-refractivity contribution is 6.06. The molecule has 1 heterocycles. The molecule has 0 bridgehead atoms. The van der Waals surface area contributed by atoms with Crippen LogP contribution in [-0.4, -0.2) is 43.5 Å². The van der Waals surface area contributed by atoms with Gasteiger partial charge in [-0.25, -0.2) is 0 Å². The Balaban J connectivity index is 2.18. The summed E-state index contributed by atoms with van der Waals surface area (Å²) in [6, 6.07) is 4.73. The molecule has 1 saturated heterocycles. The Morgan fingerprint density at radius 1 is 1.20 bits per heavy atom. The van der Waals surface area contributed by atoms with E-state index in [9.17, 15) is 9.59 Å². The second-order valence-electron chi connectivity index (χ2n) is 4.48. The van der Waals surface area contributed by atoms with Gasteiger partial charge in [-0.05, 0) is 6.92 Å². The number of amides is 2. The molecule has 1 aromatic carbocycles. The summed E-state index contributed by atoms with van der Waals surface area (Å²) in [5.41, 5.74) is 0.685. The first kappa shape index (κ1) is 14.2. The molecule has 0 aromatic heterocycles. The fourth-order valence-corrected chi connectivity index (χ4v) is 2.22. The van der Waals surface area contributed by atoms with E-state index in [2.05, 4.69) is 5.32 Å². The van der Waals surface area contributed by atoms with Crippen molar-refractivity contribution in [2.45, 2.75) is 19.4 Å². The van der Waals surface area contributed by atoms with Gasteiger partial charge in [-0.3, -0.25) is 14.5 Å². The third kappa shape index (κ3) is 2.68. The van der Waals surface area contributed by atoms with E-state index in [1.807, 2.05) is 0 Å². The predicted molar refractivity (Wildman–Crippen MR) is 74.0 cm³/mol. The smallest absolute Gasteiger partial charge is 0.252 e. The van der Waals surface area contributed by atoms with Crippen LogP contribution in [0.3, 0.4) is 0 Å². The van der Waals surface area contributed by atoms with Crippen molar-refractivity contribution in [1.29, 1.82) is 0 Å². The van der Waals surface area contributed by atoms with Crippen LogP contribution in [0.1, 0.15) is 13.3 Å². The first-order valence-corrected chi connectivity index (χ1v) is 6.42. The number of likely N-dealkylation sites (N-methyl/N-ethyl adjacent to an activating group) is 1. The molecule has 1 aromatic rings. The van der Waals surface area contributed by atoms with Gasteiger partial charge in [0.1, 0.15) is 17.5 Å². The van der Waals surface area contributed by atoms with Gasteiger partial charge in [-0.1, -0.05) is 0 Å². The predicted octanol–water partition coefficient (Wildman–Crippen LogP) is 1.26. The van der Waals surface area contributed by atoms with Crippen LogP contribution in [0.2, 0.25) is 0 Å². The molecule has 1 unspecified atom stereocenters. The minimum atomic E-state index is -0.528. The molecule has 1 fully saturated rings. The number of ether oxygens (including phenoxy) is 2. The lowest BCUT2D eigenvalue weighted by Gasteiger charge is -2.15. The van der Waals surface area contributed by atoms with E-state index in [1.165, 1.54) is 4.90 Å². The first-order chi connectivity index (χ1) is 9.58. The molecule has 2 rings (SSSR count). The zero-order chi connectivity index (χ0) is 14.7. The van der Waals surface area contributed by atoms with Crippen molar-refractivity contribution in [3.8, 4) is 11.5 Å². The van der Waals surface area contributed by atoms with Gasteiger partial charge in [0.15, 0.2) is 0 Å². The summed E-state index contributed by atoms with van der Waals surface area (Å²) in [6.45, 7) is 2.18. The van der Waals surface area contributed by atoms with Crippen LogP contribution >= 0.6 is 0 Å². The van der Waals surface area contributed by atoms with Gasteiger partial charge < -0.3 is 14.8 Å². The number of nitrogens with zero attached hydrogens (tertiary/aromatic N) is 1. The van der Waals surface area contributed by atoms with Gasteiger partial charge in [-0.2, -0.15) is 0 Å². The summed E-state index contributed by atoms with van der Waals surface area (Å²) in [5.74, 6) is 0.899. The minimum Gasteiger partial charge on any atom is -0.497 e. The molecular formula is C14H18N2O4. The summed E-state index contributed by atoms with van der Waals surface area (Å²) in [4.78, 5) is 25.0. The SMILES string of the molecule is CCN1C(=O)CC(Nc2cc(OC)cc(OC)c2)C1=O. The van der Waals surface area contributed by atoms with Crippen molar-refractivity contribution in [3.63, 3.8) is 0 Å². The number of carbonyl (C=O) groups is 2. The second kappa shape index (κ2) is 5.81. The largest absolute Gasteiger partial charge is 0.497 e. The summed E-state index contributed by atoms with van der Waals surface area (Å²) >= 11 is 0. The number of methoxy groups -OCH3 is 2. The number of likely N-dealkylation sites (tertiary alicyclic amines) is 1. The van der Waals surface area contributed by atoms with Crippen molar-refractivity contribution in [1.82, 2.24) is 4.90 Å². The molecule has 2 amide bonds. The number of rotatable bonds is 5. The van der Waals surface area contributed by atoms with Crippen molar-refractivity contribution >= 4 is 17.5 Å². The van der Waals surface area contributed by atoms with E-state index in [4.69, 9.17) is 9.47 Å². The van der Waals surface area contributed by atoms with Crippen LogP contribution in [0, 0.1) is 0 Å². The molecular weight excluding hydrogens is 260 g/mol. The van der Waals surface area contributed by atoms with Crippen LogP contribution < -0.4 is 14.8 Å². The standard InChI is InChI=1S/C14H18N2O4/c1-4-16-13(17)8-12(14(16)18)15-9-5-10(19-2)7-11(6-9)20-3/h5-7,12,15H,4,8H2,1-3H3. The molecule has 0 aliphatic carbocycles. The average Bonchev–Trinajstić information content (AvgIpc) is 2.72. The van der Waals surface area contributed by atoms with Crippen LogP contribution in [0.15, 0.2) is 18.2 Å². The van der Waals surface area contributed by atoms with Crippen LogP contribution in [0.25, 0.3) is 0 Å². The molecule has 0 saturated carbocycles. The fourth-order valence-electron chi connectivity index (χ4n) is 2.22. The Morgan fingerprint density at radius 2 is 1.80 bits per heavy atom. The maximum absolute atomic E-state index is 12.0. The second-order valence-corrected chi connectivity index (χ2v) is 4.48. The third-order valence-electron chi connectivity index (χ3n) is 3.25. The molecule has 0 spiro atoms. The van der Waals surface area contributed by atoms with Gasteiger partial charge in [0, 0.05) is 30.4 Å². The Bertz CT molecular complexity index is 508. The molecule has 0 radical (unpaired) electrons. The van der Waals surface area contributed by atoms with Gasteiger partial charge in [0.05, 0.1) is 20.6 Å². The Kier molecular flexibility index (Phi) is 4.12. The quantitative estimate of drug-likeness (QED) is 0.821. The molecule has 1 aliphatic heterocycles. The molecule has 1 N–H and O–H groups in total. The number of hydrogen-bond donors (Lipinski definition) is 1. The monoisotopic (exact) mass is 278 g/mol. The number of imide groups is 1. The topological polar surface area (TPSA) is 67.9 Å². The number of carbonyl (C=O) groups excluding carboxylic acids is 2. The molecule has 20 heavy (non-hydrogen) atoms. The van der Waals surface area contributed by atoms with Crippen molar-refractivity contribution < 1.29 is 19.1 Å². The number of nitrogens with one attached hydrogen (secondary N) is 1. The summed E-state index contributed by atoms with van der Waals surface area (Å²) in [5, 5.41) is 3.06. The summed E-state index contributed by atoms with van der Waals surface area (Å²) < 4.78 is 10.3. The zero-order valence-electron chi connectivity index (χ0n) is 11.8. The maximum Gasteiger partial charge on any atom is 0.252 e. The molecule has 6 heteroatoms. The number of anilines is 1. The molecule has 1 aliphatic rings. The number of hydrogen-bond acceptors (Lipinski definition) is 5. The normalized spacial score (nSPS) is 18.4. The molecule has 108 valence electrons. The minimum absolute atomic E-state index is 0.148. The van der Waals surface area contributed by atoms with E-state index in [-0.39, 0.29) is 18.2 Å². The van der Waals surface area contributed by atoms with E-state index in [0.717, 1.165) is 0 Å². The lowest BCUT2D eigenvalue weighted by atomic mass is 10.2. The first-order valence-electron chi connectivity index (χ1n) is 6.42. The maximum atomic E-state index is 12.0. The third-order valence-corrected chi connectivity index (χ3v) is 3.25. The average molecular weight is 278 g/mol. The van der Waals surface area contributed by atoms with Crippen molar-refractivity contribution in [3.05, 3.63) is 18.2 Å². The lowest BCUT2D eigenvalue weighted by Crippen LogP contribution is -2.34. The van der Waals surface area contributed by atoms with Crippen LogP contribution in [0.4, 0.5) is 5.69 Å². The fraction of sp³-hybridized carbons (Fsp3) is 0.429. The van der Waals surface area contributed by atoms with Crippen LogP contribution in [0.5, 0.6) is 11.5 Å². The van der Waals surface area contributed by atoms with E-state index in [1.54, 1.807) is 39.3 Å². The molecule has 6 nitrogen and oxygen atoms in total. The van der Waals surface area contributed by atoms with Gasteiger partial charge in [-0.15, -0.1) is 0 Å². The number of benzene rings is 1. The Labute approximate surface area is 117 Å². The van der Waals surface area contributed by atoms with E-state index in [0.29, 0.717) is 23.7 Å².